The molecular formula is C23H29N2O4+. The maximum absolute atomic E-state index is 12.4. The lowest BCUT2D eigenvalue weighted by Crippen LogP contribution is -3.12. The van der Waals surface area contributed by atoms with Crippen molar-refractivity contribution in [3.05, 3.63) is 71.3 Å². The fourth-order valence-corrected chi connectivity index (χ4v) is 3.37. The molecule has 0 aliphatic carbocycles. The molecule has 29 heavy (non-hydrogen) atoms. The van der Waals surface area contributed by atoms with Gasteiger partial charge < -0.3 is 19.3 Å². The number of hydrogen-bond donors (Lipinski definition) is 1. The standard InChI is InChI=1S/C23H28N2O4/c1-18(20-6-4-3-5-7-20)24(2)22(26)17-29-23(27)21-10-8-19(9-11-21)16-25-12-14-28-15-13-25/h3-11,18H,12-17H2,1-2H3/p+1/t18-/m1/s1. The molecule has 1 aliphatic rings. The van der Waals surface area contributed by atoms with Gasteiger partial charge in [0, 0.05) is 12.6 Å². The van der Waals surface area contributed by atoms with Crippen LogP contribution >= 0.6 is 0 Å². The summed E-state index contributed by atoms with van der Waals surface area (Å²) in [5.41, 5.74) is 2.66. The quantitative estimate of drug-likeness (QED) is 0.719. The predicted molar refractivity (Wildman–Crippen MR) is 110 cm³/mol. The molecule has 2 aromatic rings. The topological polar surface area (TPSA) is 60.3 Å². The van der Waals surface area contributed by atoms with E-state index in [0.29, 0.717) is 5.56 Å². The molecule has 1 saturated heterocycles. The summed E-state index contributed by atoms with van der Waals surface area (Å²) in [6, 6.07) is 17.1. The lowest BCUT2D eigenvalue weighted by atomic mass is 10.1. The first-order valence-corrected chi connectivity index (χ1v) is 10.0. The largest absolute Gasteiger partial charge is 0.452 e. The van der Waals surface area contributed by atoms with Crippen molar-refractivity contribution in [2.24, 2.45) is 0 Å². The van der Waals surface area contributed by atoms with Crippen molar-refractivity contribution >= 4 is 11.9 Å². The summed E-state index contributed by atoms with van der Waals surface area (Å²) < 4.78 is 10.6. The zero-order valence-corrected chi connectivity index (χ0v) is 17.1. The van der Waals surface area contributed by atoms with Gasteiger partial charge in [0.05, 0.1) is 24.8 Å². The summed E-state index contributed by atoms with van der Waals surface area (Å²) in [5.74, 6) is -0.716. The van der Waals surface area contributed by atoms with Crippen LogP contribution in [0.2, 0.25) is 0 Å². The first-order chi connectivity index (χ1) is 14.0. The molecule has 0 spiro atoms. The number of likely N-dealkylation sites (N-methyl/N-ethyl adjacent to an activating group) is 1. The highest BCUT2D eigenvalue weighted by molar-refractivity contribution is 5.91. The number of nitrogens with zero attached hydrogens (tertiary/aromatic N) is 1. The average Bonchev–Trinajstić information content (AvgIpc) is 2.78. The molecule has 0 saturated carbocycles. The fraction of sp³-hybridized carbons (Fsp3) is 0.391. The van der Waals surface area contributed by atoms with Crippen LogP contribution in [0.5, 0.6) is 0 Å². The molecule has 1 fully saturated rings. The highest BCUT2D eigenvalue weighted by atomic mass is 16.5. The van der Waals surface area contributed by atoms with E-state index < -0.39 is 5.97 Å². The number of morpholine rings is 1. The molecule has 0 aromatic heterocycles. The molecule has 0 radical (unpaired) electrons. The van der Waals surface area contributed by atoms with Gasteiger partial charge in [-0.3, -0.25) is 4.79 Å². The molecule has 1 heterocycles. The number of rotatable bonds is 7. The monoisotopic (exact) mass is 397 g/mol. The van der Waals surface area contributed by atoms with E-state index in [9.17, 15) is 9.59 Å². The Morgan fingerprint density at radius 3 is 2.38 bits per heavy atom. The maximum atomic E-state index is 12.4. The minimum atomic E-state index is -0.482. The SMILES string of the molecule is C[C@H](c1ccccc1)N(C)C(=O)COC(=O)c1ccc(C[NH+]2CCOCC2)cc1. The van der Waals surface area contributed by atoms with Crippen LogP contribution in [0.25, 0.3) is 0 Å². The first kappa shape index (κ1) is 21.0. The third-order valence-corrected chi connectivity index (χ3v) is 5.43. The van der Waals surface area contributed by atoms with Gasteiger partial charge >= 0.3 is 5.97 Å². The predicted octanol–water partition coefficient (Wildman–Crippen LogP) is 1.48. The zero-order chi connectivity index (χ0) is 20.6. The third-order valence-electron chi connectivity index (χ3n) is 5.43. The summed E-state index contributed by atoms with van der Waals surface area (Å²) in [6.45, 7) is 6.19. The van der Waals surface area contributed by atoms with Crippen LogP contribution in [-0.2, 0) is 20.8 Å². The summed E-state index contributed by atoms with van der Waals surface area (Å²) in [7, 11) is 1.72. The Kier molecular flexibility index (Phi) is 7.38. The van der Waals surface area contributed by atoms with Crippen LogP contribution in [0.15, 0.2) is 54.6 Å². The van der Waals surface area contributed by atoms with Crippen LogP contribution in [-0.4, -0.2) is 56.7 Å². The van der Waals surface area contributed by atoms with Crippen LogP contribution in [0.1, 0.15) is 34.5 Å². The Hall–Kier alpha value is -2.70. The van der Waals surface area contributed by atoms with Crippen molar-refractivity contribution in [1.29, 1.82) is 0 Å². The molecule has 1 aliphatic heterocycles. The first-order valence-electron chi connectivity index (χ1n) is 10.0. The summed E-state index contributed by atoms with van der Waals surface area (Å²) in [5, 5.41) is 0. The van der Waals surface area contributed by atoms with E-state index in [1.54, 1.807) is 24.1 Å². The summed E-state index contributed by atoms with van der Waals surface area (Å²) in [4.78, 5) is 27.8. The number of carbonyl (C=O) groups is 2. The normalized spacial score (nSPS) is 15.5. The number of carbonyl (C=O) groups excluding carboxylic acids is 2. The van der Waals surface area contributed by atoms with Crippen molar-refractivity contribution in [1.82, 2.24) is 4.90 Å². The Balaban J connectivity index is 1.48. The highest BCUT2D eigenvalue weighted by Crippen LogP contribution is 2.18. The summed E-state index contributed by atoms with van der Waals surface area (Å²) >= 11 is 0. The zero-order valence-electron chi connectivity index (χ0n) is 17.1. The Labute approximate surface area is 172 Å². The van der Waals surface area contributed by atoms with Crippen molar-refractivity contribution in [2.45, 2.75) is 19.5 Å². The van der Waals surface area contributed by atoms with Gasteiger partial charge in [0.25, 0.3) is 5.91 Å². The molecule has 1 amide bonds. The molecule has 2 aromatic carbocycles. The minimum Gasteiger partial charge on any atom is -0.452 e. The van der Waals surface area contributed by atoms with E-state index in [2.05, 4.69) is 0 Å². The number of amides is 1. The minimum absolute atomic E-state index is 0.0932. The Morgan fingerprint density at radius 1 is 1.07 bits per heavy atom. The second-order valence-electron chi connectivity index (χ2n) is 7.40. The van der Waals surface area contributed by atoms with E-state index in [0.717, 1.165) is 38.4 Å². The Morgan fingerprint density at radius 2 is 1.72 bits per heavy atom. The molecule has 6 heteroatoms. The molecule has 154 valence electrons. The molecule has 1 atom stereocenters. The maximum Gasteiger partial charge on any atom is 0.338 e. The number of quaternary nitrogens is 1. The smallest absolute Gasteiger partial charge is 0.338 e. The van der Waals surface area contributed by atoms with Gasteiger partial charge in [-0.25, -0.2) is 4.79 Å². The summed E-state index contributed by atoms with van der Waals surface area (Å²) in [6.07, 6.45) is 0. The molecule has 1 N–H and O–H groups in total. The molecule has 0 unspecified atom stereocenters. The van der Waals surface area contributed by atoms with Crippen molar-refractivity contribution < 1.29 is 24.0 Å². The van der Waals surface area contributed by atoms with E-state index >= 15 is 0 Å². The second kappa shape index (κ2) is 10.2. The van der Waals surface area contributed by atoms with E-state index in [4.69, 9.17) is 9.47 Å². The fourth-order valence-electron chi connectivity index (χ4n) is 3.37. The lowest BCUT2D eigenvalue weighted by molar-refractivity contribution is -0.921. The van der Waals surface area contributed by atoms with Gasteiger partial charge in [-0.1, -0.05) is 42.5 Å². The number of esters is 1. The van der Waals surface area contributed by atoms with Gasteiger partial charge in [0.15, 0.2) is 6.61 Å². The van der Waals surface area contributed by atoms with Crippen LogP contribution in [0, 0.1) is 0 Å². The molecule has 3 rings (SSSR count). The van der Waals surface area contributed by atoms with Gasteiger partial charge in [0.1, 0.15) is 19.6 Å². The van der Waals surface area contributed by atoms with Crippen molar-refractivity contribution in [3.63, 3.8) is 0 Å². The van der Waals surface area contributed by atoms with Gasteiger partial charge in [-0.05, 0) is 24.6 Å². The number of benzene rings is 2. The van der Waals surface area contributed by atoms with Gasteiger partial charge in [-0.15, -0.1) is 0 Å². The number of ether oxygens (including phenoxy) is 2. The van der Waals surface area contributed by atoms with Crippen molar-refractivity contribution in [2.75, 3.05) is 40.0 Å². The molecule has 0 bridgehead atoms. The van der Waals surface area contributed by atoms with Crippen LogP contribution in [0.4, 0.5) is 0 Å². The second-order valence-corrected chi connectivity index (χ2v) is 7.40. The van der Waals surface area contributed by atoms with Gasteiger partial charge in [0.2, 0.25) is 0 Å². The van der Waals surface area contributed by atoms with Crippen molar-refractivity contribution in [3.8, 4) is 0 Å². The van der Waals surface area contributed by atoms with Gasteiger partial charge in [-0.2, -0.15) is 0 Å². The van der Waals surface area contributed by atoms with E-state index in [1.165, 1.54) is 10.5 Å². The number of nitrogens with one attached hydrogen (secondary N) is 1. The average molecular weight is 397 g/mol. The third kappa shape index (κ3) is 5.89. The molecular weight excluding hydrogens is 368 g/mol. The number of hydrogen-bond acceptors (Lipinski definition) is 4. The Bertz CT molecular complexity index is 801. The van der Waals surface area contributed by atoms with Crippen LogP contribution in [0.3, 0.4) is 0 Å². The van der Waals surface area contributed by atoms with Crippen LogP contribution < -0.4 is 4.90 Å². The highest BCUT2D eigenvalue weighted by Gasteiger charge is 2.19. The molecule has 6 nitrogen and oxygen atoms in total. The van der Waals surface area contributed by atoms with E-state index in [1.807, 2.05) is 49.4 Å². The lowest BCUT2D eigenvalue weighted by Gasteiger charge is -2.25. The van der Waals surface area contributed by atoms with E-state index in [-0.39, 0.29) is 18.6 Å².